The molecule has 1 aromatic carbocycles. The number of amides is 2. The molecule has 2 aromatic heterocycles. The van der Waals surface area contributed by atoms with Gasteiger partial charge in [-0.25, -0.2) is 22.7 Å². The third-order valence-corrected chi connectivity index (χ3v) is 7.92. The molecule has 1 aliphatic carbocycles. The van der Waals surface area contributed by atoms with Gasteiger partial charge in [-0.1, -0.05) is 6.07 Å². The first kappa shape index (κ1) is 28.7. The Hall–Kier alpha value is -3.84. The molecule has 0 bridgehead atoms. The highest BCUT2D eigenvalue weighted by molar-refractivity contribution is 5.97. The average Bonchev–Trinajstić information content (AvgIpc) is 3.45. The van der Waals surface area contributed by atoms with Crippen molar-refractivity contribution in [3.05, 3.63) is 46.8 Å². The quantitative estimate of drug-likeness (QED) is 0.434. The van der Waals surface area contributed by atoms with Crippen LogP contribution in [0.15, 0.2) is 24.5 Å². The maximum absolute atomic E-state index is 14.9. The number of anilines is 1. The lowest BCUT2D eigenvalue weighted by Gasteiger charge is -2.30. The number of carbonyl (C=O) groups excluding carboxylic acids is 2. The molecule has 2 atom stereocenters. The van der Waals surface area contributed by atoms with Crippen LogP contribution in [0.5, 0.6) is 0 Å². The molecule has 0 spiro atoms. The van der Waals surface area contributed by atoms with Gasteiger partial charge in [-0.2, -0.15) is 18.3 Å². The first-order chi connectivity index (χ1) is 19.2. The number of likely N-dealkylation sites (tertiary alicyclic amines) is 1. The van der Waals surface area contributed by atoms with Gasteiger partial charge in [-0.15, -0.1) is 0 Å². The van der Waals surface area contributed by atoms with Crippen LogP contribution in [-0.4, -0.2) is 62.5 Å². The Balaban J connectivity index is 1.39. The Kier molecular flexibility index (Phi) is 7.14. The van der Waals surface area contributed by atoms with Crippen molar-refractivity contribution in [3.8, 4) is 11.3 Å². The molecule has 2 fully saturated rings. The van der Waals surface area contributed by atoms with E-state index in [-0.39, 0.29) is 48.6 Å². The molecular weight excluding hydrogens is 554 g/mol. The van der Waals surface area contributed by atoms with Crippen LogP contribution in [0.4, 0.5) is 32.2 Å². The molecule has 220 valence electrons. The van der Waals surface area contributed by atoms with Crippen molar-refractivity contribution in [1.29, 1.82) is 0 Å². The number of halogens is 6. The third-order valence-electron chi connectivity index (χ3n) is 7.92. The first-order valence-corrected chi connectivity index (χ1v) is 13.1. The topological polar surface area (TPSA) is 106 Å². The summed E-state index contributed by atoms with van der Waals surface area (Å²) < 4.78 is 84.4. The second-order valence-corrected chi connectivity index (χ2v) is 10.8. The summed E-state index contributed by atoms with van der Waals surface area (Å²) in [4.78, 5) is 31.1. The molecule has 1 aliphatic heterocycles. The number of aromatic nitrogens is 3. The third kappa shape index (κ3) is 5.43. The summed E-state index contributed by atoms with van der Waals surface area (Å²) in [5.74, 6) is -4.86. The van der Waals surface area contributed by atoms with E-state index in [9.17, 15) is 35.9 Å². The number of nitrogen functional groups attached to an aromatic ring is 1. The fraction of sp³-hybridized carbons (Fsp3) is 0.481. The molecule has 3 aromatic rings. The second kappa shape index (κ2) is 10.2. The Morgan fingerprint density at radius 2 is 1.76 bits per heavy atom. The van der Waals surface area contributed by atoms with Crippen molar-refractivity contribution in [2.24, 2.45) is 5.92 Å². The minimum Gasteiger partial charge on any atom is -0.382 e. The number of benzene rings is 1. The van der Waals surface area contributed by atoms with Crippen molar-refractivity contribution >= 4 is 23.1 Å². The monoisotopic (exact) mass is 582 g/mol. The van der Waals surface area contributed by atoms with Gasteiger partial charge in [0.15, 0.2) is 5.82 Å². The van der Waals surface area contributed by atoms with Crippen LogP contribution in [0.1, 0.15) is 52.7 Å². The summed E-state index contributed by atoms with van der Waals surface area (Å²) in [7, 11) is 0. The van der Waals surface area contributed by atoms with Crippen LogP contribution in [-0.2, 0) is 11.0 Å². The molecule has 1 saturated heterocycles. The molecule has 2 amide bonds. The molecule has 41 heavy (non-hydrogen) atoms. The zero-order valence-electron chi connectivity index (χ0n) is 22.2. The number of hydrogen-bond donors (Lipinski definition) is 2. The van der Waals surface area contributed by atoms with Gasteiger partial charge in [0.25, 0.3) is 5.91 Å². The van der Waals surface area contributed by atoms with Gasteiger partial charge in [-0.3, -0.25) is 9.59 Å². The summed E-state index contributed by atoms with van der Waals surface area (Å²) in [5, 5.41) is 6.55. The number of nitrogens with zero attached hydrogens (tertiary/aromatic N) is 4. The van der Waals surface area contributed by atoms with Gasteiger partial charge in [0.05, 0.1) is 23.8 Å². The Bertz CT molecular complexity index is 1510. The maximum Gasteiger partial charge on any atom is 0.418 e. The van der Waals surface area contributed by atoms with Crippen LogP contribution < -0.4 is 11.1 Å². The molecular formula is C27H28F6N6O2. The fourth-order valence-electron chi connectivity index (χ4n) is 5.72. The number of carbonyl (C=O) groups is 2. The van der Waals surface area contributed by atoms with Crippen molar-refractivity contribution in [1.82, 2.24) is 24.8 Å². The smallest absolute Gasteiger partial charge is 0.382 e. The number of alkyl halides is 6. The van der Waals surface area contributed by atoms with Crippen molar-refractivity contribution < 1.29 is 35.9 Å². The summed E-state index contributed by atoms with van der Waals surface area (Å²) in [5.41, 5.74) is 5.77. The van der Waals surface area contributed by atoms with Gasteiger partial charge in [0.2, 0.25) is 11.8 Å². The largest absolute Gasteiger partial charge is 0.418 e. The Labute approximate surface area is 230 Å². The number of hydrogen-bond acceptors (Lipinski definition) is 5. The van der Waals surface area contributed by atoms with Crippen molar-refractivity contribution in [3.63, 3.8) is 0 Å². The predicted octanol–water partition coefficient (Wildman–Crippen LogP) is 4.72. The maximum atomic E-state index is 14.9. The van der Waals surface area contributed by atoms with E-state index in [2.05, 4.69) is 15.4 Å². The van der Waals surface area contributed by atoms with E-state index in [1.54, 1.807) is 19.9 Å². The van der Waals surface area contributed by atoms with Crippen LogP contribution in [0, 0.1) is 19.8 Å². The van der Waals surface area contributed by atoms with Gasteiger partial charge in [-0.05, 0) is 49.9 Å². The molecule has 2 aliphatic rings. The predicted molar refractivity (Wildman–Crippen MR) is 137 cm³/mol. The minimum absolute atomic E-state index is 0.0166. The first-order valence-electron chi connectivity index (χ1n) is 13.1. The SMILES string of the molecule is Cc1cc(C)c(-c2cc(C(F)(F)F)c3c(N)ncnn23)cc1C(=O)N[C@@H]1CN(C(=O)C2CCC(F)(F)CC2)C[C@@H]1F. The van der Waals surface area contributed by atoms with Gasteiger partial charge in [0.1, 0.15) is 18.0 Å². The number of fused-ring (bicyclic) bond motifs is 1. The van der Waals surface area contributed by atoms with E-state index in [0.717, 1.165) is 16.9 Å². The second-order valence-electron chi connectivity index (χ2n) is 10.8. The molecule has 1 saturated carbocycles. The fourth-order valence-corrected chi connectivity index (χ4v) is 5.72. The van der Waals surface area contributed by atoms with Crippen molar-refractivity contribution in [2.45, 2.75) is 63.8 Å². The molecule has 3 heterocycles. The highest BCUT2D eigenvalue weighted by Gasteiger charge is 2.43. The number of nitrogens with one attached hydrogen (secondary N) is 1. The summed E-state index contributed by atoms with van der Waals surface area (Å²) in [6.45, 7) is 2.91. The lowest BCUT2D eigenvalue weighted by atomic mass is 9.86. The summed E-state index contributed by atoms with van der Waals surface area (Å²) >= 11 is 0. The molecule has 8 nitrogen and oxygen atoms in total. The van der Waals surface area contributed by atoms with Gasteiger partial charge in [0, 0.05) is 36.4 Å². The molecule has 0 unspecified atom stereocenters. The highest BCUT2D eigenvalue weighted by Crippen LogP contribution is 2.40. The number of nitrogens with two attached hydrogens (primary N) is 1. The van der Waals surface area contributed by atoms with E-state index in [4.69, 9.17) is 5.73 Å². The minimum atomic E-state index is -4.75. The molecule has 14 heteroatoms. The number of rotatable bonds is 4. The van der Waals surface area contributed by atoms with E-state index in [1.165, 1.54) is 11.0 Å². The van der Waals surface area contributed by atoms with Gasteiger partial charge >= 0.3 is 6.18 Å². The average molecular weight is 583 g/mol. The van der Waals surface area contributed by atoms with E-state index < -0.39 is 66.0 Å². The lowest BCUT2D eigenvalue weighted by molar-refractivity contribution is -0.139. The molecule has 5 rings (SSSR count). The zero-order valence-corrected chi connectivity index (χ0v) is 22.2. The van der Waals surface area contributed by atoms with E-state index in [1.807, 2.05) is 0 Å². The van der Waals surface area contributed by atoms with Crippen LogP contribution in [0.2, 0.25) is 0 Å². The number of aryl methyl sites for hydroxylation is 2. The van der Waals surface area contributed by atoms with E-state index in [0.29, 0.717) is 11.1 Å². The lowest BCUT2D eigenvalue weighted by Crippen LogP contribution is -2.43. The zero-order chi connectivity index (χ0) is 29.9. The van der Waals surface area contributed by atoms with Crippen LogP contribution in [0.25, 0.3) is 16.8 Å². The highest BCUT2D eigenvalue weighted by atomic mass is 19.4. The molecule has 0 radical (unpaired) electrons. The van der Waals surface area contributed by atoms with Crippen LogP contribution in [0.3, 0.4) is 0 Å². The summed E-state index contributed by atoms with van der Waals surface area (Å²) in [6.07, 6.45) is -6.07. The molecule has 3 N–H and O–H groups in total. The Morgan fingerprint density at radius 1 is 1.07 bits per heavy atom. The van der Waals surface area contributed by atoms with Crippen molar-refractivity contribution in [2.75, 3.05) is 18.8 Å². The normalized spacial score (nSPS) is 21.4. The van der Waals surface area contributed by atoms with Crippen LogP contribution >= 0.6 is 0 Å². The summed E-state index contributed by atoms with van der Waals surface area (Å²) in [6, 6.07) is 2.88. The Morgan fingerprint density at radius 3 is 2.41 bits per heavy atom. The standard InChI is InChI=1S/C27H28F6N6O2/c1-13-7-14(2)17(8-16(13)21-9-18(27(31,32)33)22-23(34)35-12-36-39(21)22)24(40)37-20-11-38(10-19(20)28)25(41)15-3-5-26(29,30)6-4-15/h7-9,12,15,19-20H,3-6,10-11H2,1-2H3,(H,37,40)(H2,34,35,36)/t19-,20+/m0/s1. The van der Waals surface area contributed by atoms with E-state index >= 15 is 0 Å². The van der Waals surface area contributed by atoms with Gasteiger partial charge < -0.3 is 16.0 Å².